The summed E-state index contributed by atoms with van der Waals surface area (Å²) in [4.78, 5) is -0.915. The monoisotopic (exact) mass is 336 g/mol. The predicted octanol–water partition coefficient (Wildman–Crippen LogP) is 2.45. The number of halogens is 2. The summed E-state index contributed by atoms with van der Waals surface area (Å²) in [6.07, 6.45) is 0.620. The second-order valence-electron chi connectivity index (χ2n) is 5.58. The van der Waals surface area contributed by atoms with Gasteiger partial charge >= 0.3 is 0 Å². The summed E-state index contributed by atoms with van der Waals surface area (Å²) < 4.78 is 53.9. The molecule has 0 atom stereocenters. The van der Waals surface area contributed by atoms with Crippen LogP contribution in [0, 0.1) is 11.6 Å². The van der Waals surface area contributed by atoms with Gasteiger partial charge in [-0.2, -0.15) is 16.1 Å². The first kappa shape index (κ1) is 16.5. The molecule has 1 aromatic rings. The largest absolute Gasteiger partial charge is 0.399 e. The van der Waals surface area contributed by atoms with Crippen LogP contribution in [-0.4, -0.2) is 36.3 Å². The maximum Gasteiger partial charge on any atom is 0.248 e. The molecular formula is C13H18F2N2O2S2. The summed E-state index contributed by atoms with van der Waals surface area (Å²) in [6, 6.07) is 1.65. The van der Waals surface area contributed by atoms with Crippen molar-refractivity contribution in [3.63, 3.8) is 0 Å². The smallest absolute Gasteiger partial charge is 0.248 e. The van der Waals surface area contributed by atoms with Crippen molar-refractivity contribution in [1.29, 1.82) is 0 Å². The molecule has 1 fully saturated rings. The van der Waals surface area contributed by atoms with Gasteiger partial charge in [0.15, 0.2) is 4.90 Å². The number of nitrogens with two attached hydrogens (primary N) is 1. The van der Waals surface area contributed by atoms with Gasteiger partial charge in [0.05, 0.1) is 0 Å². The van der Waals surface area contributed by atoms with Crippen molar-refractivity contribution >= 4 is 27.5 Å². The zero-order chi connectivity index (χ0) is 15.8. The van der Waals surface area contributed by atoms with Gasteiger partial charge in [0.2, 0.25) is 10.0 Å². The summed E-state index contributed by atoms with van der Waals surface area (Å²) >= 11 is 1.65. The van der Waals surface area contributed by atoms with E-state index >= 15 is 0 Å². The van der Waals surface area contributed by atoms with Crippen molar-refractivity contribution in [2.75, 3.05) is 24.6 Å². The second-order valence-corrected chi connectivity index (χ2v) is 9.25. The van der Waals surface area contributed by atoms with Gasteiger partial charge in [-0.3, -0.25) is 0 Å². The van der Waals surface area contributed by atoms with Crippen molar-refractivity contribution < 1.29 is 17.2 Å². The average molecular weight is 336 g/mol. The summed E-state index contributed by atoms with van der Waals surface area (Å²) in [5.41, 5.74) is 5.18. The van der Waals surface area contributed by atoms with Crippen LogP contribution in [0.15, 0.2) is 17.0 Å². The minimum Gasteiger partial charge on any atom is -0.399 e. The van der Waals surface area contributed by atoms with Crippen LogP contribution in [0.3, 0.4) is 0 Å². The van der Waals surface area contributed by atoms with Crippen molar-refractivity contribution in [3.8, 4) is 0 Å². The number of sulfonamides is 1. The van der Waals surface area contributed by atoms with Gasteiger partial charge < -0.3 is 5.73 Å². The van der Waals surface area contributed by atoms with Crippen molar-refractivity contribution in [1.82, 2.24) is 4.31 Å². The lowest BCUT2D eigenvalue weighted by Gasteiger charge is -2.22. The molecule has 0 radical (unpaired) electrons. The molecule has 0 aromatic heterocycles. The Balaban J connectivity index is 2.39. The maximum absolute atomic E-state index is 13.9. The van der Waals surface area contributed by atoms with E-state index in [2.05, 4.69) is 0 Å². The fourth-order valence-corrected chi connectivity index (χ4v) is 4.94. The van der Waals surface area contributed by atoms with Crippen molar-refractivity contribution in [3.05, 3.63) is 23.8 Å². The fourth-order valence-electron chi connectivity index (χ4n) is 2.20. The minimum absolute atomic E-state index is 0.0531. The van der Waals surface area contributed by atoms with Crippen LogP contribution >= 0.6 is 11.8 Å². The number of anilines is 1. The van der Waals surface area contributed by atoms with Crippen LogP contribution in [0.2, 0.25) is 0 Å². The van der Waals surface area contributed by atoms with E-state index in [0.717, 1.165) is 16.4 Å². The summed E-state index contributed by atoms with van der Waals surface area (Å²) in [5, 5.41) is 0. The molecule has 118 valence electrons. The summed E-state index contributed by atoms with van der Waals surface area (Å²) in [6.45, 7) is 4.53. The van der Waals surface area contributed by atoms with Gasteiger partial charge in [-0.05, 0) is 18.6 Å². The standard InChI is InChI=1S/C13H18F2N2O2S2/c1-13(2)3-4-17(5-6-20-13)21(18,19)12-10(14)7-9(16)8-11(12)15/h7-8H,3-6,16H2,1-2H3. The average Bonchev–Trinajstić information content (AvgIpc) is 2.48. The number of rotatable bonds is 2. The number of thioether (sulfide) groups is 1. The molecule has 1 saturated heterocycles. The van der Waals surface area contributed by atoms with Crippen LogP contribution in [-0.2, 0) is 10.0 Å². The number of hydrogen-bond acceptors (Lipinski definition) is 4. The van der Waals surface area contributed by atoms with Crippen molar-refractivity contribution in [2.24, 2.45) is 0 Å². The Morgan fingerprint density at radius 1 is 1.24 bits per heavy atom. The first-order chi connectivity index (χ1) is 9.63. The molecule has 1 aromatic carbocycles. The summed E-state index contributed by atoms with van der Waals surface area (Å²) in [7, 11) is -4.20. The number of hydrogen-bond donors (Lipinski definition) is 1. The van der Waals surface area contributed by atoms with Gasteiger partial charge in [-0.15, -0.1) is 0 Å². The molecule has 0 spiro atoms. The Morgan fingerprint density at radius 3 is 2.38 bits per heavy atom. The van der Waals surface area contributed by atoms with Crippen LogP contribution in [0.25, 0.3) is 0 Å². The van der Waals surface area contributed by atoms with Gasteiger partial charge in [-0.25, -0.2) is 17.2 Å². The number of nitrogen functional groups attached to an aromatic ring is 1. The van der Waals surface area contributed by atoms with Gasteiger partial charge in [0.25, 0.3) is 0 Å². The Bertz CT molecular complexity index is 625. The Morgan fingerprint density at radius 2 is 1.81 bits per heavy atom. The molecule has 0 saturated carbocycles. The topological polar surface area (TPSA) is 63.4 Å². The molecule has 2 N–H and O–H groups in total. The molecule has 1 heterocycles. The molecule has 0 bridgehead atoms. The molecule has 8 heteroatoms. The first-order valence-corrected chi connectivity index (χ1v) is 8.95. The van der Waals surface area contributed by atoms with E-state index in [1.54, 1.807) is 11.8 Å². The van der Waals surface area contributed by atoms with Crippen LogP contribution in [0.1, 0.15) is 20.3 Å². The number of benzene rings is 1. The van der Waals surface area contributed by atoms with Crippen molar-refractivity contribution in [2.45, 2.75) is 29.9 Å². The van der Waals surface area contributed by atoms with Crippen LogP contribution in [0.4, 0.5) is 14.5 Å². The highest BCUT2D eigenvalue weighted by Gasteiger charge is 2.34. The molecular weight excluding hydrogens is 318 g/mol. The third-order valence-corrected chi connectivity index (χ3v) is 6.74. The molecule has 0 aliphatic carbocycles. The van der Waals surface area contributed by atoms with E-state index < -0.39 is 26.6 Å². The number of nitrogens with zero attached hydrogens (tertiary/aromatic N) is 1. The molecule has 0 amide bonds. The molecule has 0 unspecified atom stereocenters. The summed E-state index contributed by atoms with van der Waals surface area (Å²) in [5.74, 6) is -1.71. The molecule has 1 aliphatic rings. The lowest BCUT2D eigenvalue weighted by molar-refractivity contribution is 0.406. The highest BCUT2D eigenvalue weighted by atomic mass is 32.2. The lowest BCUT2D eigenvalue weighted by atomic mass is 10.1. The molecule has 1 aliphatic heterocycles. The van der Waals surface area contributed by atoms with E-state index in [1.807, 2.05) is 13.8 Å². The first-order valence-electron chi connectivity index (χ1n) is 6.52. The predicted molar refractivity (Wildman–Crippen MR) is 80.7 cm³/mol. The quantitative estimate of drug-likeness (QED) is 0.843. The van der Waals surface area contributed by atoms with E-state index in [1.165, 1.54) is 0 Å². The van der Waals surface area contributed by atoms with E-state index in [9.17, 15) is 17.2 Å². The molecule has 2 rings (SSSR count). The third-order valence-electron chi connectivity index (χ3n) is 3.42. The normalized spacial score (nSPS) is 20.2. The van der Waals surface area contributed by atoms with E-state index in [4.69, 9.17) is 5.73 Å². The highest BCUT2D eigenvalue weighted by molar-refractivity contribution is 8.00. The minimum atomic E-state index is -4.20. The zero-order valence-electron chi connectivity index (χ0n) is 11.9. The fraction of sp³-hybridized carbons (Fsp3) is 0.538. The van der Waals surface area contributed by atoms with Crippen LogP contribution in [0.5, 0.6) is 0 Å². The molecule has 4 nitrogen and oxygen atoms in total. The van der Waals surface area contributed by atoms with E-state index in [-0.39, 0.29) is 23.5 Å². The third kappa shape index (κ3) is 3.49. The highest BCUT2D eigenvalue weighted by Crippen LogP contribution is 2.33. The second kappa shape index (κ2) is 5.73. The Labute approximate surface area is 127 Å². The van der Waals surface area contributed by atoms with Gasteiger partial charge in [-0.1, -0.05) is 13.8 Å². The van der Waals surface area contributed by atoms with Gasteiger partial charge in [0.1, 0.15) is 11.6 Å². The van der Waals surface area contributed by atoms with Crippen LogP contribution < -0.4 is 5.73 Å². The van der Waals surface area contributed by atoms with E-state index in [0.29, 0.717) is 12.2 Å². The zero-order valence-corrected chi connectivity index (χ0v) is 13.5. The Hall–Kier alpha value is -0.860. The van der Waals surface area contributed by atoms with Gasteiger partial charge in [0, 0.05) is 29.3 Å². The lowest BCUT2D eigenvalue weighted by Crippen LogP contribution is -2.34. The maximum atomic E-state index is 13.9. The molecule has 21 heavy (non-hydrogen) atoms. The SMILES string of the molecule is CC1(C)CCN(S(=O)(=O)c2c(F)cc(N)cc2F)CCS1. The Kier molecular flexibility index (Phi) is 4.51.